The van der Waals surface area contributed by atoms with E-state index in [1.54, 1.807) is 36.4 Å². The van der Waals surface area contributed by atoms with Crippen molar-refractivity contribution in [1.82, 2.24) is 0 Å². The van der Waals surface area contributed by atoms with Gasteiger partial charge in [-0.1, -0.05) is 67.8 Å². The van der Waals surface area contributed by atoms with E-state index >= 15 is 0 Å². The van der Waals surface area contributed by atoms with Gasteiger partial charge < -0.3 is 9.47 Å². The van der Waals surface area contributed by atoms with Crippen LogP contribution in [0.1, 0.15) is 25.3 Å². The van der Waals surface area contributed by atoms with Crippen molar-refractivity contribution < 1.29 is 18.7 Å². The molecule has 0 aliphatic carbocycles. The lowest BCUT2D eigenvalue weighted by atomic mass is 9.99. The highest BCUT2D eigenvalue weighted by molar-refractivity contribution is 5.86. The number of benzene rings is 2. The van der Waals surface area contributed by atoms with Crippen molar-refractivity contribution in [2.45, 2.75) is 19.8 Å². The molecule has 170 valence electrons. The summed E-state index contributed by atoms with van der Waals surface area (Å²) in [5.74, 6) is -0.341. The minimum atomic E-state index is -0.423. The van der Waals surface area contributed by atoms with E-state index in [-0.39, 0.29) is 11.7 Å². The normalized spacial score (nSPS) is 11.5. The molecule has 33 heavy (non-hydrogen) atoms. The molecule has 2 aromatic rings. The van der Waals surface area contributed by atoms with Gasteiger partial charge in [-0.05, 0) is 60.7 Å². The quantitative estimate of drug-likeness (QED) is 0.101. The van der Waals surface area contributed by atoms with Crippen molar-refractivity contribution in [3.63, 3.8) is 0 Å². The van der Waals surface area contributed by atoms with Gasteiger partial charge in [-0.2, -0.15) is 0 Å². The zero-order chi connectivity index (χ0) is 24.2. The Balaban J connectivity index is 2.10. The molecule has 0 unspecified atom stereocenters. The minimum absolute atomic E-state index is 0.0533. The largest absolute Gasteiger partial charge is 0.463 e. The highest BCUT2D eigenvalue weighted by atomic mass is 19.1. The van der Waals surface area contributed by atoms with Crippen LogP contribution in [0.4, 0.5) is 4.39 Å². The van der Waals surface area contributed by atoms with Crippen molar-refractivity contribution in [3.8, 4) is 16.9 Å². The van der Waals surface area contributed by atoms with Gasteiger partial charge in [0.15, 0.2) is 0 Å². The Hall–Kier alpha value is -3.99. The topological polar surface area (TPSA) is 59.4 Å². The molecule has 1 N–H and O–H groups in total. The highest BCUT2D eigenvalue weighted by Gasteiger charge is 2.08. The minimum Gasteiger partial charge on any atom is -0.463 e. The second-order valence-electron chi connectivity index (χ2n) is 7.20. The van der Waals surface area contributed by atoms with Crippen LogP contribution >= 0.6 is 0 Å². The van der Waals surface area contributed by atoms with Crippen LogP contribution in [0.15, 0.2) is 98.2 Å². The Morgan fingerprint density at radius 1 is 1.03 bits per heavy atom. The summed E-state index contributed by atoms with van der Waals surface area (Å²) >= 11 is 0. The second kappa shape index (κ2) is 12.8. The van der Waals surface area contributed by atoms with Gasteiger partial charge in [0.2, 0.25) is 5.90 Å². The third-order valence-electron chi connectivity index (χ3n) is 4.77. The van der Waals surface area contributed by atoms with E-state index in [4.69, 9.17) is 14.9 Å². The Morgan fingerprint density at radius 2 is 1.76 bits per heavy atom. The van der Waals surface area contributed by atoms with Gasteiger partial charge in [0.25, 0.3) is 0 Å². The molecule has 5 heteroatoms. The smallest absolute Gasteiger partial charge is 0.330 e. The Morgan fingerprint density at radius 3 is 2.36 bits per heavy atom. The number of halogens is 1. The molecular weight excluding hydrogens is 417 g/mol. The molecular formula is C28H28FNO3. The van der Waals surface area contributed by atoms with Gasteiger partial charge in [0.05, 0.1) is 6.61 Å². The molecule has 2 aromatic carbocycles. The molecule has 0 amide bonds. The van der Waals surface area contributed by atoms with Crippen molar-refractivity contribution in [1.29, 1.82) is 5.41 Å². The Kier molecular flexibility index (Phi) is 9.78. The first-order valence-corrected chi connectivity index (χ1v) is 10.5. The summed E-state index contributed by atoms with van der Waals surface area (Å²) in [5.41, 5.74) is 3.79. The van der Waals surface area contributed by atoms with Gasteiger partial charge in [-0.25, -0.2) is 9.18 Å². The number of nitrogens with one attached hydrogen (secondary N) is 1. The number of ether oxygens (including phenoxy) is 2. The standard InChI is InChI=1S/C28H28FNO3/c1-5-21(11-10-20(4)9-8-18-32-28(31)7-3)23-14-17-25(26(29)19-23)22-12-15-24(16-13-22)33-27(30)6-2/h5-7,10-17,19,30H,1-3,8-9,18H2,4H3. The van der Waals surface area contributed by atoms with Crippen LogP contribution in [0.5, 0.6) is 5.75 Å². The van der Waals surface area contributed by atoms with Crippen molar-refractivity contribution >= 4 is 17.4 Å². The molecule has 4 nitrogen and oxygen atoms in total. The number of hydrogen-bond acceptors (Lipinski definition) is 4. The molecule has 0 radical (unpaired) electrons. The summed E-state index contributed by atoms with van der Waals surface area (Å²) in [5, 5.41) is 7.50. The molecule has 0 spiro atoms. The lowest BCUT2D eigenvalue weighted by Crippen LogP contribution is -2.01. The third-order valence-corrected chi connectivity index (χ3v) is 4.77. The lowest BCUT2D eigenvalue weighted by Gasteiger charge is -2.09. The summed E-state index contributed by atoms with van der Waals surface area (Å²) in [6.45, 7) is 13.0. The molecule has 0 bridgehead atoms. The SMILES string of the molecule is C=CC(=N)Oc1ccc(-c2ccc(C(C=C)=CC=C(C)CCCOC(=O)C=C)cc2F)cc1. The van der Waals surface area contributed by atoms with E-state index in [2.05, 4.69) is 19.7 Å². The van der Waals surface area contributed by atoms with Crippen LogP contribution in [-0.4, -0.2) is 18.5 Å². The van der Waals surface area contributed by atoms with Gasteiger partial charge in [-0.3, -0.25) is 5.41 Å². The molecule has 0 saturated carbocycles. The number of rotatable bonds is 11. The maximum atomic E-state index is 14.9. The average Bonchev–Trinajstić information content (AvgIpc) is 2.82. The number of allylic oxidation sites excluding steroid dienone is 5. The van der Waals surface area contributed by atoms with Gasteiger partial charge >= 0.3 is 5.97 Å². The number of carbonyl (C=O) groups excluding carboxylic acids is 1. The van der Waals surface area contributed by atoms with Crippen molar-refractivity contribution in [2.75, 3.05) is 6.61 Å². The Labute approximate surface area is 194 Å². The highest BCUT2D eigenvalue weighted by Crippen LogP contribution is 2.28. The lowest BCUT2D eigenvalue weighted by molar-refractivity contribution is -0.137. The first-order valence-electron chi connectivity index (χ1n) is 10.5. The summed E-state index contributed by atoms with van der Waals surface area (Å²) in [6.07, 6.45) is 9.46. The molecule has 0 atom stereocenters. The molecule has 0 heterocycles. The zero-order valence-corrected chi connectivity index (χ0v) is 18.8. The summed E-state index contributed by atoms with van der Waals surface area (Å²) in [7, 11) is 0. The summed E-state index contributed by atoms with van der Waals surface area (Å²) in [6, 6.07) is 11.9. The first kappa shape index (κ1) is 25.3. The van der Waals surface area contributed by atoms with Gasteiger partial charge in [-0.15, -0.1) is 0 Å². The zero-order valence-electron chi connectivity index (χ0n) is 18.8. The Bertz CT molecular complexity index is 1090. The summed E-state index contributed by atoms with van der Waals surface area (Å²) in [4.78, 5) is 11.1. The number of carbonyl (C=O) groups is 1. The van der Waals surface area contributed by atoms with Gasteiger partial charge in [0, 0.05) is 11.6 Å². The van der Waals surface area contributed by atoms with Crippen LogP contribution in [0.25, 0.3) is 16.7 Å². The predicted octanol–water partition coefficient (Wildman–Crippen LogP) is 7.06. The summed E-state index contributed by atoms with van der Waals surface area (Å²) < 4.78 is 25.1. The van der Waals surface area contributed by atoms with E-state index in [1.807, 2.05) is 25.1 Å². The molecule has 0 aromatic heterocycles. The number of hydrogen-bond donors (Lipinski definition) is 1. The van der Waals surface area contributed by atoms with E-state index in [0.29, 0.717) is 29.9 Å². The monoisotopic (exact) mass is 445 g/mol. The van der Waals surface area contributed by atoms with Crippen LogP contribution < -0.4 is 4.74 Å². The second-order valence-corrected chi connectivity index (χ2v) is 7.20. The maximum absolute atomic E-state index is 14.9. The van der Waals surface area contributed by atoms with Crippen LogP contribution in [-0.2, 0) is 9.53 Å². The molecule has 2 rings (SSSR count). The molecule has 0 saturated heterocycles. The van der Waals surface area contributed by atoms with Crippen LogP contribution in [0.3, 0.4) is 0 Å². The maximum Gasteiger partial charge on any atom is 0.330 e. The fourth-order valence-electron chi connectivity index (χ4n) is 2.98. The molecule has 0 aliphatic heterocycles. The predicted molar refractivity (Wildman–Crippen MR) is 133 cm³/mol. The van der Waals surface area contributed by atoms with E-state index in [9.17, 15) is 9.18 Å². The molecule has 0 fully saturated rings. The average molecular weight is 446 g/mol. The van der Waals surface area contributed by atoms with E-state index in [0.717, 1.165) is 29.2 Å². The van der Waals surface area contributed by atoms with Crippen LogP contribution in [0.2, 0.25) is 0 Å². The number of esters is 1. The first-order chi connectivity index (χ1) is 15.9. The van der Waals surface area contributed by atoms with E-state index < -0.39 is 5.97 Å². The fourth-order valence-corrected chi connectivity index (χ4v) is 2.98. The fraction of sp³-hybridized carbons (Fsp3) is 0.143. The van der Waals surface area contributed by atoms with E-state index in [1.165, 1.54) is 12.1 Å². The van der Waals surface area contributed by atoms with Gasteiger partial charge in [0.1, 0.15) is 11.6 Å². The van der Waals surface area contributed by atoms with Crippen LogP contribution in [0, 0.1) is 11.2 Å². The van der Waals surface area contributed by atoms with Crippen molar-refractivity contribution in [2.24, 2.45) is 0 Å². The van der Waals surface area contributed by atoms with Crippen molar-refractivity contribution in [3.05, 3.63) is 110 Å². The molecule has 0 aliphatic rings. The third kappa shape index (κ3) is 7.89.